The Hall–Kier alpha value is -3.32. The zero-order valence-corrected chi connectivity index (χ0v) is 15.1. The van der Waals surface area contributed by atoms with Gasteiger partial charge in [0.05, 0.1) is 12.2 Å². The fourth-order valence-corrected chi connectivity index (χ4v) is 3.58. The molecule has 0 unspecified atom stereocenters. The van der Waals surface area contributed by atoms with E-state index in [1.165, 1.54) is 6.07 Å². The third-order valence-corrected chi connectivity index (χ3v) is 5.00. The first-order chi connectivity index (χ1) is 13.8. The molecule has 3 heterocycles. The molecule has 2 aromatic carbocycles. The molecule has 0 spiro atoms. The van der Waals surface area contributed by atoms with E-state index >= 15 is 0 Å². The molecule has 1 N–H and O–H groups in total. The van der Waals surface area contributed by atoms with E-state index in [0.29, 0.717) is 36.1 Å². The predicted octanol–water partition coefficient (Wildman–Crippen LogP) is 3.82. The van der Waals surface area contributed by atoms with Crippen LogP contribution in [0, 0.1) is 5.82 Å². The molecule has 0 saturated carbocycles. The fourth-order valence-electron chi connectivity index (χ4n) is 3.58. The molecule has 7 heteroatoms. The summed E-state index contributed by atoms with van der Waals surface area (Å²) in [5, 5.41) is 11.5. The summed E-state index contributed by atoms with van der Waals surface area (Å²) in [6, 6.07) is 16.5. The van der Waals surface area contributed by atoms with Crippen LogP contribution in [0.3, 0.4) is 0 Å². The smallest absolute Gasteiger partial charge is 0.241 e. The van der Waals surface area contributed by atoms with Crippen LogP contribution in [0.25, 0.3) is 22.6 Å². The van der Waals surface area contributed by atoms with Gasteiger partial charge in [-0.05, 0) is 12.1 Å². The average Bonchev–Trinajstić information content (AvgIpc) is 3.36. The number of fused-ring (bicyclic) bond motifs is 1. The van der Waals surface area contributed by atoms with Crippen LogP contribution < -0.4 is 0 Å². The van der Waals surface area contributed by atoms with Crippen molar-refractivity contribution in [1.82, 2.24) is 25.2 Å². The first-order valence-corrected chi connectivity index (χ1v) is 9.19. The number of hydrogen-bond acceptors (Lipinski definition) is 5. The third kappa shape index (κ3) is 3.10. The van der Waals surface area contributed by atoms with Crippen LogP contribution in [0.4, 0.5) is 4.39 Å². The zero-order valence-electron chi connectivity index (χ0n) is 15.1. The normalized spacial score (nSPS) is 14.2. The summed E-state index contributed by atoms with van der Waals surface area (Å²) in [5.74, 6) is 0.889. The van der Waals surface area contributed by atoms with Crippen LogP contribution >= 0.6 is 0 Å². The summed E-state index contributed by atoms with van der Waals surface area (Å²) in [4.78, 5) is 6.72. The molecule has 0 radical (unpaired) electrons. The molecular formula is C21H18FN5O. The van der Waals surface area contributed by atoms with Gasteiger partial charge >= 0.3 is 0 Å². The average molecular weight is 375 g/mol. The maximum Gasteiger partial charge on any atom is 0.241 e. The van der Waals surface area contributed by atoms with E-state index in [-0.39, 0.29) is 5.82 Å². The van der Waals surface area contributed by atoms with Gasteiger partial charge in [-0.1, -0.05) is 47.6 Å². The van der Waals surface area contributed by atoms with Crippen molar-refractivity contribution in [1.29, 1.82) is 0 Å². The Morgan fingerprint density at radius 2 is 1.89 bits per heavy atom. The number of halogens is 1. The number of nitrogens with one attached hydrogen (secondary N) is 1. The van der Waals surface area contributed by atoms with Gasteiger partial charge in [-0.3, -0.25) is 10.00 Å². The van der Waals surface area contributed by atoms with Crippen molar-refractivity contribution in [3.05, 3.63) is 77.6 Å². The summed E-state index contributed by atoms with van der Waals surface area (Å²) in [5.41, 5.74) is 4.21. The molecule has 0 bridgehead atoms. The molecule has 1 aliphatic rings. The molecule has 0 fully saturated rings. The fraction of sp³-hybridized carbons (Fsp3) is 0.190. The molecule has 2 aromatic heterocycles. The van der Waals surface area contributed by atoms with Crippen LogP contribution in [0.1, 0.15) is 17.1 Å². The van der Waals surface area contributed by atoms with Crippen molar-refractivity contribution in [3.63, 3.8) is 0 Å². The summed E-state index contributed by atoms with van der Waals surface area (Å²) in [7, 11) is 0. The standard InChI is InChI=1S/C21H18FN5O/c22-17-9-5-4-8-15(17)20-16-12-27(11-10-18(16)24-25-20)13-19-23-21(26-28-19)14-6-2-1-3-7-14/h1-9H,10-13H2,(H,24,25). The summed E-state index contributed by atoms with van der Waals surface area (Å²) < 4.78 is 19.7. The maximum atomic E-state index is 14.2. The molecule has 4 aromatic rings. The van der Waals surface area contributed by atoms with Gasteiger partial charge in [0.1, 0.15) is 5.82 Å². The molecule has 0 atom stereocenters. The molecule has 6 nitrogen and oxygen atoms in total. The van der Waals surface area contributed by atoms with Gasteiger partial charge in [0, 0.05) is 41.9 Å². The van der Waals surface area contributed by atoms with E-state index < -0.39 is 0 Å². The Kier molecular flexibility index (Phi) is 4.21. The summed E-state index contributed by atoms with van der Waals surface area (Å²) >= 11 is 0. The Balaban J connectivity index is 1.36. The van der Waals surface area contributed by atoms with Crippen molar-refractivity contribution in [2.24, 2.45) is 0 Å². The van der Waals surface area contributed by atoms with E-state index in [4.69, 9.17) is 4.52 Å². The number of hydrogen-bond donors (Lipinski definition) is 1. The van der Waals surface area contributed by atoms with Gasteiger partial charge in [0.15, 0.2) is 0 Å². The molecule has 0 aliphatic carbocycles. The van der Waals surface area contributed by atoms with Gasteiger partial charge in [-0.25, -0.2) is 4.39 Å². The number of benzene rings is 2. The van der Waals surface area contributed by atoms with Crippen molar-refractivity contribution in [3.8, 4) is 22.6 Å². The van der Waals surface area contributed by atoms with Crippen molar-refractivity contribution in [2.45, 2.75) is 19.5 Å². The summed E-state index contributed by atoms with van der Waals surface area (Å²) in [6.45, 7) is 2.04. The Morgan fingerprint density at radius 3 is 2.75 bits per heavy atom. The minimum atomic E-state index is -0.265. The van der Waals surface area contributed by atoms with Gasteiger partial charge in [-0.2, -0.15) is 10.1 Å². The van der Waals surface area contributed by atoms with E-state index in [1.807, 2.05) is 36.4 Å². The lowest BCUT2D eigenvalue weighted by Gasteiger charge is -2.25. The van der Waals surface area contributed by atoms with Gasteiger partial charge in [0.25, 0.3) is 0 Å². The van der Waals surface area contributed by atoms with Crippen molar-refractivity contribution >= 4 is 0 Å². The lowest BCUT2D eigenvalue weighted by atomic mass is 10.0. The zero-order chi connectivity index (χ0) is 18.9. The molecule has 1 aliphatic heterocycles. The minimum Gasteiger partial charge on any atom is -0.338 e. The highest BCUT2D eigenvalue weighted by molar-refractivity contribution is 5.65. The number of aromatic nitrogens is 4. The van der Waals surface area contributed by atoms with Gasteiger partial charge < -0.3 is 4.52 Å². The van der Waals surface area contributed by atoms with Crippen LogP contribution in [-0.2, 0) is 19.5 Å². The van der Waals surface area contributed by atoms with Crippen LogP contribution in [-0.4, -0.2) is 31.8 Å². The molecule has 28 heavy (non-hydrogen) atoms. The second-order valence-corrected chi connectivity index (χ2v) is 6.85. The second-order valence-electron chi connectivity index (χ2n) is 6.85. The first kappa shape index (κ1) is 16.8. The van der Waals surface area contributed by atoms with Gasteiger partial charge in [-0.15, -0.1) is 0 Å². The molecule has 0 amide bonds. The lowest BCUT2D eigenvalue weighted by molar-refractivity contribution is 0.210. The topological polar surface area (TPSA) is 70.8 Å². The highest BCUT2D eigenvalue weighted by atomic mass is 19.1. The van der Waals surface area contributed by atoms with Crippen LogP contribution in [0.5, 0.6) is 0 Å². The SMILES string of the molecule is Fc1ccccc1-c1n[nH]c2c1CN(Cc1nc(-c3ccccc3)no1)CC2. The largest absolute Gasteiger partial charge is 0.338 e. The van der Waals surface area contributed by atoms with Crippen molar-refractivity contribution in [2.75, 3.05) is 6.54 Å². The molecule has 140 valence electrons. The first-order valence-electron chi connectivity index (χ1n) is 9.19. The number of nitrogens with zero attached hydrogens (tertiary/aromatic N) is 4. The molecular weight excluding hydrogens is 357 g/mol. The summed E-state index contributed by atoms with van der Waals surface area (Å²) in [6.07, 6.45) is 0.816. The van der Waals surface area contributed by atoms with Crippen LogP contribution in [0.2, 0.25) is 0 Å². The van der Waals surface area contributed by atoms with Crippen LogP contribution in [0.15, 0.2) is 59.1 Å². The highest BCUT2D eigenvalue weighted by Crippen LogP contribution is 2.30. The van der Waals surface area contributed by atoms with E-state index in [9.17, 15) is 4.39 Å². The lowest BCUT2D eigenvalue weighted by Crippen LogP contribution is -2.30. The molecule has 5 rings (SSSR count). The number of H-pyrrole nitrogens is 1. The number of rotatable bonds is 4. The monoisotopic (exact) mass is 375 g/mol. The minimum absolute atomic E-state index is 0.265. The molecule has 0 saturated heterocycles. The van der Waals surface area contributed by atoms with Gasteiger partial charge in [0.2, 0.25) is 11.7 Å². The Bertz CT molecular complexity index is 1100. The van der Waals surface area contributed by atoms with Crippen molar-refractivity contribution < 1.29 is 8.91 Å². The Labute approximate surface area is 161 Å². The van der Waals surface area contributed by atoms with E-state index in [1.54, 1.807) is 12.1 Å². The number of aromatic amines is 1. The second kappa shape index (κ2) is 7.01. The quantitative estimate of drug-likeness (QED) is 0.587. The highest BCUT2D eigenvalue weighted by Gasteiger charge is 2.25. The predicted molar refractivity (Wildman–Crippen MR) is 102 cm³/mol. The van der Waals surface area contributed by atoms with E-state index in [0.717, 1.165) is 29.8 Å². The Morgan fingerprint density at radius 1 is 1.07 bits per heavy atom. The maximum absolute atomic E-state index is 14.2. The third-order valence-electron chi connectivity index (χ3n) is 5.00. The van der Waals surface area contributed by atoms with E-state index in [2.05, 4.69) is 25.2 Å².